The molecular weight excluding hydrogens is 268 g/mol. The average Bonchev–Trinajstić information content (AvgIpc) is 3.15. The van der Waals surface area contributed by atoms with Crippen molar-refractivity contribution in [1.82, 2.24) is 10.5 Å². The van der Waals surface area contributed by atoms with Gasteiger partial charge in [-0.15, -0.1) is 0 Å². The lowest BCUT2D eigenvalue weighted by molar-refractivity contribution is 0.0942. The Kier molecular flexibility index (Phi) is 3.55. The molecule has 3 aromatic rings. The highest BCUT2D eigenvalue weighted by Crippen LogP contribution is 2.20. The fourth-order valence-corrected chi connectivity index (χ4v) is 2.01. The molecule has 1 N–H and O–H groups in total. The number of carbonyl (C=O) groups is 1. The second-order valence-corrected chi connectivity index (χ2v) is 4.73. The number of benzene rings is 1. The summed E-state index contributed by atoms with van der Waals surface area (Å²) in [5.41, 5.74) is 2.43. The Morgan fingerprint density at radius 3 is 2.86 bits per heavy atom. The normalized spacial score (nSPS) is 10.5. The minimum absolute atomic E-state index is 0.231. The Balaban J connectivity index is 1.66. The molecule has 0 atom stereocenters. The largest absolute Gasteiger partial charge is 0.461 e. The number of rotatable bonds is 4. The smallest absolute Gasteiger partial charge is 0.273 e. The van der Waals surface area contributed by atoms with Crippen LogP contribution in [0.25, 0.3) is 11.5 Å². The molecule has 0 bridgehead atoms. The van der Waals surface area contributed by atoms with Crippen molar-refractivity contribution in [1.29, 1.82) is 0 Å². The predicted octanol–water partition coefficient (Wildman–Crippen LogP) is 3.17. The summed E-state index contributed by atoms with van der Waals surface area (Å²) in [5, 5.41) is 6.56. The first-order valence-corrected chi connectivity index (χ1v) is 6.57. The summed E-state index contributed by atoms with van der Waals surface area (Å²) in [7, 11) is 0. The number of carbonyl (C=O) groups excluding carboxylic acids is 1. The maximum Gasteiger partial charge on any atom is 0.273 e. The van der Waals surface area contributed by atoms with Crippen LogP contribution < -0.4 is 5.32 Å². The van der Waals surface area contributed by atoms with Gasteiger partial charge in [0.1, 0.15) is 0 Å². The molecule has 0 aliphatic carbocycles. The molecule has 0 aliphatic heterocycles. The van der Waals surface area contributed by atoms with E-state index in [1.165, 1.54) is 6.26 Å². The van der Waals surface area contributed by atoms with Crippen molar-refractivity contribution >= 4 is 5.91 Å². The molecule has 0 aliphatic rings. The number of furan rings is 1. The fraction of sp³-hybridized carbons (Fsp3) is 0.125. The van der Waals surface area contributed by atoms with Crippen molar-refractivity contribution in [2.45, 2.75) is 13.5 Å². The highest BCUT2D eigenvalue weighted by atomic mass is 16.5. The van der Waals surface area contributed by atoms with Crippen LogP contribution in [0.3, 0.4) is 0 Å². The number of hydrogen-bond acceptors (Lipinski definition) is 4. The molecule has 5 heteroatoms. The molecule has 0 radical (unpaired) electrons. The highest BCUT2D eigenvalue weighted by molar-refractivity contribution is 5.92. The van der Waals surface area contributed by atoms with E-state index in [0.29, 0.717) is 18.1 Å². The standard InChI is InChI=1S/C16H14N2O3/c1-11-4-2-5-12(8-11)10-17-16(19)13-9-15(21-18-13)14-6-3-7-20-14/h2-9H,10H2,1H3,(H,17,19). The third kappa shape index (κ3) is 3.02. The first-order valence-electron chi connectivity index (χ1n) is 6.57. The number of aryl methyl sites for hydroxylation is 1. The average molecular weight is 282 g/mol. The minimum Gasteiger partial charge on any atom is -0.461 e. The molecule has 0 unspecified atom stereocenters. The van der Waals surface area contributed by atoms with Gasteiger partial charge in [-0.2, -0.15) is 0 Å². The number of hydrogen-bond donors (Lipinski definition) is 1. The number of aromatic nitrogens is 1. The zero-order valence-corrected chi connectivity index (χ0v) is 11.5. The number of nitrogens with zero attached hydrogens (tertiary/aromatic N) is 1. The summed E-state index contributed by atoms with van der Waals surface area (Å²) in [5.74, 6) is 0.694. The molecule has 1 aromatic carbocycles. The minimum atomic E-state index is -0.280. The van der Waals surface area contributed by atoms with Crippen LogP contribution in [0, 0.1) is 6.92 Å². The molecule has 3 rings (SSSR count). The third-order valence-electron chi connectivity index (χ3n) is 3.04. The number of amides is 1. The van der Waals surface area contributed by atoms with Gasteiger partial charge in [0.25, 0.3) is 5.91 Å². The zero-order valence-electron chi connectivity index (χ0n) is 11.5. The van der Waals surface area contributed by atoms with Crippen molar-refractivity contribution in [3.8, 4) is 11.5 Å². The third-order valence-corrected chi connectivity index (χ3v) is 3.04. The van der Waals surface area contributed by atoms with Gasteiger partial charge in [0.2, 0.25) is 5.76 Å². The van der Waals surface area contributed by atoms with Crippen LogP contribution in [0.4, 0.5) is 0 Å². The topological polar surface area (TPSA) is 68.3 Å². The van der Waals surface area contributed by atoms with E-state index in [1.807, 2.05) is 31.2 Å². The van der Waals surface area contributed by atoms with Gasteiger partial charge in [-0.25, -0.2) is 0 Å². The van der Waals surface area contributed by atoms with Gasteiger partial charge in [-0.1, -0.05) is 35.0 Å². The summed E-state index contributed by atoms with van der Waals surface area (Å²) in [6.45, 7) is 2.46. The number of nitrogens with one attached hydrogen (secondary N) is 1. The van der Waals surface area contributed by atoms with Gasteiger partial charge in [-0.3, -0.25) is 4.79 Å². The van der Waals surface area contributed by atoms with Gasteiger partial charge < -0.3 is 14.3 Å². The van der Waals surface area contributed by atoms with E-state index < -0.39 is 0 Å². The summed E-state index contributed by atoms with van der Waals surface area (Å²) in [6.07, 6.45) is 1.54. The lowest BCUT2D eigenvalue weighted by Crippen LogP contribution is -2.23. The van der Waals surface area contributed by atoms with Crippen LogP contribution in [-0.4, -0.2) is 11.1 Å². The summed E-state index contributed by atoms with van der Waals surface area (Å²) >= 11 is 0. The molecule has 21 heavy (non-hydrogen) atoms. The molecule has 1 amide bonds. The molecule has 0 saturated heterocycles. The van der Waals surface area contributed by atoms with Gasteiger partial charge in [0.05, 0.1) is 6.26 Å². The molecule has 106 valence electrons. The van der Waals surface area contributed by atoms with Crippen molar-refractivity contribution in [3.63, 3.8) is 0 Å². The summed E-state index contributed by atoms with van der Waals surface area (Å²) in [4.78, 5) is 12.0. The van der Waals surface area contributed by atoms with E-state index in [2.05, 4.69) is 10.5 Å². The van der Waals surface area contributed by atoms with Gasteiger partial charge in [-0.05, 0) is 24.6 Å². The predicted molar refractivity (Wildman–Crippen MR) is 76.6 cm³/mol. The zero-order chi connectivity index (χ0) is 14.7. The van der Waals surface area contributed by atoms with E-state index in [-0.39, 0.29) is 11.6 Å². The van der Waals surface area contributed by atoms with Crippen LogP contribution in [0.15, 0.2) is 57.7 Å². The Bertz CT molecular complexity index is 744. The highest BCUT2D eigenvalue weighted by Gasteiger charge is 2.14. The van der Waals surface area contributed by atoms with Crippen molar-refractivity contribution in [2.75, 3.05) is 0 Å². The molecule has 0 saturated carbocycles. The molecular formula is C16H14N2O3. The van der Waals surface area contributed by atoms with Gasteiger partial charge >= 0.3 is 0 Å². The Morgan fingerprint density at radius 2 is 2.10 bits per heavy atom. The van der Waals surface area contributed by atoms with Gasteiger partial charge in [0, 0.05) is 12.6 Å². The lowest BCUT2D eigenvalue weighted by Gasteiger charge is -2.03. The van der Waals surface area contributed by atoms with E-state index in [9.17, 15) is 4.79 Å². The van der Waals surface area contributed by atoms with Crippen LogP contribution in [0.5, 0.6) is 0 Å². The SMILES string of the molecule is Cc1cccc(CNC(=O)c2cc(-c3ccco3)on2)c1. The molecule has 2 aromatic heterocycles. The fourth-order valence-electron chi connectivity index (χ4n) is 2.01. The van der Waals surface area contributed by atoms with Crippen molar-refractivity contribution in [3.05, 3.63) is 65.5 Å². The first-order chi connectivity index (χ1) is 10.2. The van der Waals surface area contributed by atoms with E-state index in [1.54, 1.807) is 18.2 Å². The van der Waals surface area contributed by atoms with Crippen LogP contribution in [-0.2, 0) is 6.54 Å². The quantitative estimate of drug-likeness (QED) is 0.798. The van der Waals surface area contributed by atoms with Crippen LogP contribution in [0.1, 0.15) is 21.6 Å². The second-order valence-electron chi connectivity index (χ2n) is 4.73. The molecule has 5 nitrogen and oxygen atoms in total. The van der Waals surface area contributed by atoms with Gasteiger partial charge in [0.15, 0.2) is 11.5 Å². The van der Waals surface area contributed by atoms with E-state index in [0.717, 1.165) is 11.1 Å². The Morgan fingerprint density at radius 1 is 1.19 bits per heavy atom. The Labute approximate surface area is 121 Å². The molecule has 0 spiro atoms. The monoisotopic (exact) mass is 282 g/mol. The molecule has 2 heterocycles. The second kappa shape index (κ2) is 5.66. The maximum atomic E-state index is 12.0. The van der Waals surface area contributed by atoms with Crippen molar-refractivity contribution < 1.29 is 13.7 Å². The summed E-state index contributed by atoms with van der Waals surface area (Å²) in [6, 6.07) is 13.0. The lowest BCUT2D eigenvalue weighted by atomic mass is 10.1. The van der Waals surface area contributed by atoms with Crippen molar-refractivity contribution in [2.24, 2.45) is 0 Å². The summed E-state index contributed by atoms with van der Waals surface area (Å²) < 4.78 is 10.3. The Hall–Kier alpha value is -2.82. The first kappa shape index (κ1) is 13.2. The van der Waals surface area contributed by atoms with E-state index >= 15 is 0 Å². The molecule has 0 fully saturated rings. The van der Waals surface area contributed by atoms with Crippen LogP contribution >= 0.6 is 0 Å². The van der Waals surface area contributed by atoms with Crippen LogP contribution in [0.2, 0.25) is 0 Å². The maximum absolute atomic E-state index is 12.0. The van der Waals surface area contributed by atoms with E-state index in [4.69, 9.17) is 8.94 Å².